The van der Waals surface area contributed by atoms with Crippen LogP contribution in [0.1, 0.15) is 15.9 Å². The van der Waals surface area contributed by atoms with E-state index in [9.17, 15) is 4.79 Å². The van der Waals surface area contributed by atoms with Crippen molar-refractivity contribution in [1.29, 1.82) is 0 Å². The molecular formula is C27H21N3O2S2. The molecule has 0 aliphatic carbocycles. The zero-order valence-corrected chi connectivity index (χ0v) is 20.1. The zero-order valence-electron chi connectivity index (χ0n) is 18.4. The van der Waals surface area contributed by atoms with Crippen molar-refractivity contribution in [3.05, 3.63) is 108 Å². The molecule has 5 nitrogen and oxygen atoms in total. The van der Waals surface area contributed by atoms with Crippen LogP contribution in [-0.2, 0) is 6.54 Å². The molecule has 5 aromatic rings. The van der Waals surface area contributed by atoms with Gasteiger partial charge in [-0.15, -0.1) is 11.8 Å². The number of thiazole rings is 1. The lowest BCUT2D eigenvalue weighted by atomic mass is 10.1. The molecule has 0 bridgehead atoms. The Morgan fingerprint density at radius 1 is 0.971 bits per heavy atom. The fourth-order valence-electron chi connectivity index (χ4n) is 3.51. The first kappa shape index (κ1) is 22.1. The minimum atomic E-state index is -0.147. The highest BCUT2D eigenvalue weighted by Crippen LogP contribution is 2.33. The molecule has 168 valence electrons. The number of thioether (sulfide) groups is 1. The highest BCUT2D eigenvalue weighted by atomic mass is 32.2. The number of hydrogen-bond donors (Lipinski definition) is 0. The van der Waals surface area contributed by atoms with E-state index in [1.807, 2.05) is 73.0 Å². The van der Waals surface area contributed by atoms with E-state index in [0.717, 1.165) is 21.5 Å². The van der Waals surface area contributed by atoms with Crippen molar-refractivity contribution < 1.29 is 9.53 Å². The summed E-state index contributed by atoms with van der Waals surface area (Å²) in [5.41, 5.74) is 2.33. The molecule has 7 heteroatoms. The molecule has 3 aromatic carbocycles. The molecule has 0 aliphatic heterocycles. The van der Waals surface area contributed by atoms with Gasteiger partial charge in [-0.3, -0.25) is 14.7 Å². The zero-order chi connectivity index (χ0) is 23.3. The van der Waals surface area contributed by atoms with Crippen LogP contribution in [0.15, 0.2) is 102 Å². The van der Waals surface area contributed by atoms with Crippen molar-refractivity contribution in [2.24, 2.45) is 0 Å². The van der Waals surface area contributed by atoms with Crippen LogP contribution in [0.2, 0.25) is 0 Å². The monoisotopic (exact) mass is 483 g/mol. The number of amides is 1. The third-order valence-electron chi connectivity index (χ3n) is 5.18. The predicted molar refractivity (Wildman–Crippen MR) is 139 cm³/mol. The Bertz CT molecular complexity index is 1420. The summed E-state index contributed by atoms with van der Waals surface area (Å²) in [6, 6.07) is 26.8. The Hall–Kier alpha value is -3.68. The SMILES string of the molecule is CSc1ccc2nc(N(Cc3cccnc3)C(=O)c3cccc(Oc4ccccc4)c3)sc2c1. The normalized spacial score (nSPS) is 10.9. The molecule has 0 N–H and O–H groups in total. The molecule has 0 atom stereocenters. The molecule has 0 aliphatic rings. The van der Waals surface area contributed by atoms with Gasteiger partial charge in [0, 0.05) is 22.9 Å². The van der Waals surface area contributed by atoms with E-state index in [4.69, 9.17) is 9.72 Å². The summed E-state index contributed by atoms with van der Waals surface area (Å²) in [6.07, 6.45) is 5.54. The first-order valence-electron chi connectivity index (χ1n) is 10.7. The Balaban J connectivity index is 1.50. The van der Waals surface area contributed by atoms with Gasteiger partial charge in [0.25, 0.3) is 5.91 Å². The van der Waals surface area contributed by atoms with Crippen LogP contribution in [0, 0.1) is 0 Å². The number of ether oxygens (including phenoxy) is 1. The van der Waals surface area contributed by atoms with Gasteiger partial charge in [0.2, 0.25) is 0 Å². The smallest absolute Gasteiger partial charge is 0.260 e. The summed E-state index contributed by atoms with van der Waals surface area (Å²) in [4.78, 5) is 25.6. The van der Waals surface area contributed by atoms with Crippen molar-refractivity contribution in [1.82, 2.24) is 9.97 Å². The molecule has 0 saturated carbocycles. The Labute approximate surface area is 206 Å². The van der Waals surface area contributed by atoms with Crippen LogP contribution in [0.25, 0.3) is 10.2 Å². The number of rotatable bonds is 7. The maximum atomic E-state index is 13.8. The van der Waals surface area contributed by atoms with Gasteiger partial charge in [-0.25, -0.2) is 4.98 Å². The number of benzene rings is 3. The van der Waals surface area contributed by atoms with E-state index in [1.165, 1.54) is 16.2 Å². The van der Waals surface area contributed by atoms with Crippen LogP contribution in [0.3, 0.4) is 0 Å². The van der Waals surface area contributed by atoms with Crippen LogP contribution in [0.5, 0.6) is 11.5 Å². The van der Waals surface area contributed by atoms with Gasteiger partial charge in [0.05, 0.1) is 16.8 Å². The van der Waals surface area contributed by atoms with E-state index < -0.39 is 0 Å². The lowest BCUT2D eigenvalue weighted by molar-refractivity contribution is 0.0985. The van der Waals surface area contributed by atoms with E-state index in [0.29, 0.717) is 23.0 Å². The first-order chi connectivity index (χ1) is 16.7. The number of nitrogens with zero attached hydrogens (tertiary/aromatic N) is 3. The molecule has 0 fully saturated rings. The summed E-state index contributed by atoms with van der Waals surface area (Å²) in [7, 11) is 0. The largest absolute Gasteiger partial charge is 0.457 e. The van der Waals surface area contributed by atoms with E-state index in [2.05, 4.69) is 11.1 Å². The second-order valence-corrected chi connectivity index (χ2v) is 9.41. The number of aromatic nitrogens is 2. The average molecular weight is 484 g/mol. The number of pyridine rings is 1. The van der Waals surface area contributed by atoms with Gasteiger partial charge in [-0.1, -0.05) is 41.7 Å². The lowest BCUT2D eigenvalue weighted by Gasteiger charge is -2.20. The maximum Gasteiger partial charge on any atom is 0.260 e. The summed E-state index contributed by atoms with van der Waals surface area (Å²) >= 11 is 3.20. The van der Waals surface area contributed by atoms with Crippen molar-refractivity contribution >= 4 is 44.4 Å². The summed E-state index contributed by atoms with van der Waals surface area (Å²) < 4.78 is 7.00. The number of carbonyl (C=O) groups is 1. The minimum absolute atomic E-state index is 0.147. The van der Waals surface area contributed by atoms with E-state index in [1.54, 1.807) is 41.2 Å². The standard InChI is InChI=1S/C27H21N3O2S2/c1-33-23-12-13-24-25(16-23)34-27(29-24)30(18-19-7-6-14-28-17-19)26(31)20-8-5-11-22(15-20)32-21-9-3-2-4-10-21/h2-17H,18H2,1H3. The second kappa shape index (κ2) is 10.1. The lowest BCUT2D eigenvalue weighted by Crippen LogP contribution is -2.30. The number of hydrogen-bond acceptors (Lipinski definition) is 6. The molecule has 0 unspecified atom stereocenters. The molecule has 0 spiro atoms. The summed E-state index contributed by atoms with van der Waals surface area (Å²) in [6.45, 7) is 0.367. The van der Waals surface area contributed by atoms with Gasteiger partial charge in [-0.05, 0) is 66.4 Å². The average Bonchev–Trinajstić information content (AvgIpc) is 3.31. The van der Waals surface area contributed by atoms with Gasteiger partial charge >= 0.3 is 0 Å². The minimum Gasteiger partial charge on any atom is -0.457 e. The first-order valence-corrected chi connectivity index (χ1v) is 12.7. The van der Waals surface area contributed by atoms with E-state index in [-0.39, 0.29) is 5.91 Å². The van der Waals surface area contributed by atoms with Gasteiger partial charge in [-0.2, -0.15) is 0 Å². The quantitative estimate of drug-likeness (QED) is 0.232. The second-order valence-electron chi connectivity index (χ2n) is 7.53. The molecule has 2 aromatic heterocycles. The highest BCUT2D eigenvalue weighted by molar-refractivity contribution is 7.98. The topological polar surface area (TPSA) is 55.3 Å². The number of fused-ring (bicyclic) bond motifs is 1. The van der Waals surface area contributed by atoms with Crippen molar-refractivity contribution in [2.45, 2.75) is 11.4 Å². The van der Waals surface area contributed by atoms with Crippen molar-refractivity contribution in [3.8, 4) is 11.5 Å². The van der Waals surface area contributed by atoms with Crippen LogP contribution in [0.4, 0.5) is 5.13 Å². The Morgan fingerprint density at radius 2 is 1.82 bits per heavy atom. The van der Waals surface area contributed by atoms with Crippen LogP contribution in [-0.4, -0.2) is 22.1 Å². The van der Waals surface area contributed by atoms with Gasteiger partial charge in [0.15, 0.2) is 5.13 Å². The molecule has 5 rings (SSSR count). The molecule has 1 amide bonds. The predicted octanol–water partition coefficient (Wildman–Crippen LogP) is 7.05. The third kappa shape index (κ3) is 4.95. The highest BCUT2D eigenvalue weighted by Gasteiger charge is 2.22. The molecule has 34 heavy (non-hydrogen) atoms. The number of anilines is 1. The molecular weight excluding hydrogens is 462 g/mol. The number of carbonyl (C=O) groups excluding carboxylic acids is 1. The van der Waals surface area contributed by atoms with Gasteiger partial charge in [0.1, 0.15) is 11.5 Å². The van der Waals surface area contributed by atoms with Crippen molar-refractivity contribution in [2.75, 3.05) is 11.2 Å². The third-order valence-corrected chi connectivity index (χ3v) is 6.95. The fourth-order valence-corrected chi connectivity index (χ4v) is 5.03. The molecule has 0 saturated heterocycles. The van der Waals surface area contributed by atoms with E-state index >= 15 is 0 Å². The maximum absolute atomic E-state index is 13.8. The van der Waals surface area contributed by atoms with Crippen molar-refractivity contribution in [3.63, 3.8) is 0 Å². The molecule has 2 heterocycles. The van der Waals surface area contributed by atoms with Crippen LogP contribution < -0.4 is 9.64 Å². The number of para-hydroxylation sites is 1. The molecule has 0 radical (unpaired) electrons. The summed E-state index contributed by atoms with van der Waals surface area (Å²) in [5.74, 6) is 1.17. The Kier molecular flexibility index (Phi) is 6.56. The van der Waals surface area contributed by atoms with Gasteiger partial charge < -0.3 is 4.74 Å². The summed E-state index contributed by atoms with van der Waals surface area (Å²) in [5, 5.41) is 0.650. The fraction of sp³-hybridized carbons (Fsp3) is 0.0741. The Morgan fingerprint density at radius 3 is 2.62 bits per heavy atom. The van der Waals surface area contributed by atoms with Crippen LogP contribution >= 0.6 is 23.1 Å².